The van der Waals surface area contributed by atoms with Gasteiger partial charge in [0.15, 0.2) is 17.8 Å². The summed E-state index contributed by atoms with van der Waals surface area (Å²) in [6, 6.07) is 0. The highest BCUT2D eigenvalue weighted by molar-refractivity contribution is 8.14. The van der Waals surface area contributed by atoms with Crippen LogP contribution in [0.3, 0.4) is 0 Å². The summed E-state index contributed by atoms with van der Waals surface area (Å²) in [6.07, 6.45) is -7.20. The third kappa shape index (κ3) is 5.84. The summed E-state index contributed by atoms with van der Waals surface area (Å²) < 4.78 is 33.9. The van der Waals surface area contributed by atoms with Gasteiger partial charge in [0.25, 0.3) is 0 Å². The average molecular weight is 548 g/mol. The number of carbonyl (C=O) groups is 1. The number of hydrogen-bond acceptors (Lipinski definition) is 13. The Balaban J connectivity index is 1.95. The lowest BCUT2D eigenvalue weighted by Gasteiger charge is -2.41. The van der Waals surface area contributed by atoms with E-state index in [0.717, 1.165) is 11.8 Å². The molecule has 0 aromatic heterocycles. The van der Waals surface area contributed by atoms with E-state index in [2.05, 4.69) is 0 Å². The van der Waals surface area contributed by atoms with Crippen molar-refractivity contribution in [1.29, 1.82) is 0 Å². The predicted molar refractivity (Wildman–Crippen MR) is 133 cm³/mol. The van der Waals surface area contributed by atoms with Crippen molar-refractivity contribution < 1.29 is 53.4 Å². The van der Waals surface area contributed by atoms with E-state index in [9.17, 15) is 20.1 Å². The van der Waals surface area contributed by atoms with Crippen LogP contribution in [0.5, 0.6) is 17.2 Å². The molecule has 1 unspecified atom stereocenters. The Bertz CT molecular complexity index is 951. The van der Waals surface area contributed by atoms with E-state index in [1.807, 2.05) is 0 Å². The Morgan fingerprint density at radius 2 is 1.59 bits per heavy atom. The molecule has 1 aromatic rings. The average Bonchev–Trinajstić information content (AvgIpc) is 2.87. The zero-order chi connectivity index (χ0) is 27.6. The van der Waals surface area contributed by atoms with E-state index < -0.39 is 54.5 Å². The van der Waals surface area contributed by atoms with Gasteiger partial charge in [0.05, 0.1) is 43.3 Å². The molecule has 2 saturated heterocycles. The smallest absolute Gasteiger partial charge is 0.229 e. The van der Waals surface area contributed by atoms with Crippen molar-refractivity contribution >= 4 is 16.9 Å². The summed E-state index contributed by atoms with van der Waals surface area (Å²) in [5, 5.41) is 30.7. The van der Waals surface area contributed by atoms with Crippen LogP contribution in [0.15, 0.2) is 0 Å². The maximum absolute atomic E-state index is 13.5. The number of nitrogens with two attached hydrogens (primary N) is 1. The first-order chi connectivity index (χ1) is 17.5. The Kier molecular flexibility index (Phi) is 10.1. The third-order valence-corrected chi connectivity index (χ3v) is 8.24. The molecule has 0 spiro atoms. The van der Waals surface area contributed by atoms with Gasteiger partial charge < -0.3 is 43.7 Å². The van der Waals surface area contributed by atoms with E-state index in [1.165, 1.54) is 21.3 Å². The van der Waals surface area contributed by atoms with E-state index in [4.69, 9.17) is 39.2 Å². The fourth-order valence-corrected chi connectivity index (χ4v) is 5.77. The highest BCUT2D eigenvalue weighted by Crippen LogP contribution is 2.48. The number of benzene rings is 1. The molecule has 0 amide bonds. The molecule has 210 valence electrons. The maximum atomic E-state index is 13.5. The summed E-state index contributed by atoms with van der Waals surface area (Å²) in [5.74, 6) is 5.66. The highest BCUT2D eigenvalue weighted by Gasteiger charge is 2.45. The molecule has 2 heterocycles. The predicted octanol–water partition coefficient (Wildman–Crippen LogP) is 0.809. The molecule has 0 radical (unpaired) electrons. The zero-order valence-corrected chi connectivity index (χ0v) is 22.8. The third-order valence-electron chi connectivity index (χ3n) is 6.86. The van der Waals surface area contributed by atoms with Crippen molar-refractivity contribution in [2.75, 3.05) is 21.3 Å². The van der Waals surface area contributed by atoms with E-state index >= 15 is 0 Å². The molecule has 2 aliphatic rings. The molecule has 5 N–H and O–H groups in total. The molecule has 2 aliphatic heterocycles. The number of aliphatic hydroxyl groups excluding tert-OH is 3. The molecule has 0 saturated carbocycles. The first kappa shape index (κ1) is 29.9. The lowest BCUT2D eigenvalue weighted by Crippen LogP contribution is -2.59. The van der Waals surface area contributed by atoms with Gasteiger partial charge in [-0.1, -0.05) is 11.8 Å². The fraction of sp³-hybridized carbons (Fsp3) is 0.708. The van der Waals surface area contributed by atoms with Crippen molar-refractivity contribution in [3.63, 3.8) is 0 Å². The summed E-state index contributed by atoms with van der Waals surface area (Å²) in [4.78, 5) is 18.2. The number of rotatable bonds is 8. The van der Waals surface area contributed by atoms with Crippen molar-refractivity contribution in [1.82, 2.24) is 0 Å². The largest absolute Gasteiger partial charge is 0.492 e. The molecule has 0 aliphatic carbocycles. The zero-order valence-electron chi connectivity index (χ0n) is 22.0. The second kappa shape index (κ2) is 12.5. The number of thioether (sulfide) groups is 1. The van der Waals surface area contributed by atoms with Crippen LogP contribution in [0.1, 0.15) is 41.8 Å². The fourth-order valence-electron chi connectivity index (χ4n) is 4.63. The number of aliphatic hydroxyl groups is 3. The SMILES string of the molecule is COc1c(O[C@@H]2O[C@@H](C)[C@H](O)[C@@H](OC)C2O)c(C)c(C)c(C(=O)S[C@H]2[C@@H](O)C[C@H](ON)O[C@@H]2C)c1OC. The van der Waals surface area contributed by atoms with Crippen LogP contribution in [0.2, 0.25) is 0 Å². The van der Waals surface area contributed by atoms with Crippen molar-refractivity contribution in [2.24, 2.45) is 5.90 Å². The molecular weight excluding hydrogens is 510 g/mol. The van der Waals surface area contributed by atoms with Gasteiger partial charge in [-0.15, -0.1) is 0 Å². The number of methoxy groups -OCH3 is 3. The number of hydrogen-bond donors (Lipinski definition) is 4. The van der Waals surface area contributed by atoms with Crippen LogP contribution in [-0.2, 0) is 19.0 Å². The summed E-state index contributed by atoms with van der Waals surface area (Å²) >= 11 is 0.924. The molecule has 3 rings (SSSR count). The first-order valence-electron chi connectivity index (χ1n) is 11.9. The number of ether oxygens (including phenoxy) is 6. The minimum absolute atomic E-state index is 0.121. The quantitative estimate of drug-likeness (QED) is 0.338. The van der Waals surface area contributed by atoms with Gasteiger partial charge in [0, 0.05) is 13.5 Å². The molecule has 1 aromatic carbocycles. The van der Waals surface area contributed by atoms with Gasteiger partial charge in [-0.25, -0.2) is 5.90 Å². The molecule has 12 nitrogen and oxygen atoms in total. The van der Waals surface area contributed by atoms with Crippen molar-refractivity contribution in [2.45, 2.75) is 88.6 Å². The first-order valence-corrected chi connectivity index (χ1v) is 12.7. The van der Waals surface area contributed by atoms with Crippen LogP contribution < -0.4 is 20.1 Å². The molecule has 37 heavy (non-hydrogen) atoms. The van der Waals surface area contributed by atoms with Gasteiger partial charge in [-0.05, 0) is 38.8 Å². The van der Waals surface area contributed by atoms with E-state index in [-0.39, 0.29) is 34.3 Å². The minimum atomic E-state index is -1.31. The molecule has 9 atom stereocenters. The Morgan fingerprint density at radius 1 is 0.946 bits per heavy atom. The molecule has 13 heteroatoms. The lowest BCUT2D eigenvalue weighted by molar-refractivity contribution is -0.273. The Morgan fingerprint density at radius 3 is 2.14 bits per heavy atom. The second-order valence-corrected chi connectivity index (χ2v) is 10.3. The monoisotopic (exact) mass is 547 g/mol. The van der Waals surface area contributed by atoms with Crippen LogP contribution in [-0.4, -0.2) is 96.2 Å². The summed E-state index contributed by atoms with van der Waals surface area (Å²) in [5.41, 5.74) is 1.35. The molecular formula is C24H37NO11S. The normalized spacial score (nSPS) is 34.2. The van der Waals surface area contributed by atoms with Crippen LogP contribution in [0.4, 0.5) is 0 Å². The van der Waals surface area contributed by atoms with Crippen LogP contribution in [0.25, 0.3) is 0 Å². The van der Waals surface area contributed by atoms with Gasteiger partial charge in [-0.2, -0.15) is 0 Å². The Labute approximate surface area is 220 Å². The summed E-state index contributed by atoms with van der Waals surface area (Å²) in [6.45, 7) is 6.84. The summed E-state index contributed by atoms with van der Waals surface area (Å²) in [7, 11) is 4.17. The van der Waals surface area contributed by atoms with Crippen LogP contribution >= 0.6 is 11.8 Å². The second-order valence-electron chi connectivity index (χ2n) is 9.11. The topological polar surface area (TPSA) is 168 Å². The highest BCUT2D eigenvalue weighted by atomic mass is 32.2. The number of carbonyl (C=O) groups excluding carboxylic acids is 1. The van der Waals surface area contributed by atoms with Gasteiger partial charge >= 0.3 is 0 Å². The van der Waals surface area contributed by atoms with Gasteiger partial charge in [0.1, 0.15) is 18.3 Å². The van der Waals surface area contributed by atoms with Crippen LogP contribution in [0, 0.1) is 13.8 Å². The maximum Gasteiger partial charge on any atom is 0.229 e. The van der Waals surface area contributed by atoms with Crippen molar-refractivity contribution in [3.8, 4) is 17.2 Å². The Hall–Kier alpha value is -1.68. The van der Waals surface area contributed by atoms with E-state index in [0.29, 0.717) is 11.1 Å². The van der Waals surface area contributed by atoms with Gasteiger partial charge in [0.2, 0.25) is 17.2 Å². The molecule has 2 fully saturated rings. The molecule has 0 bridgehead atoms. The minimum Gasteiger partial charge on any atom is -0.492 e. The van der Waals surface area contributed by atoms with Crippen molar-refractivity contribution in [3.05, 3.63) is 16.7 Å². The van der Waals surface area contributed by atoms with E-state index in [1.54, 1.807) is 27.7 Å². The lowest BCUT2D eigenvalue weighted by atomic mass is 9.98. The van der Waals surface area contributed by atoms with Gasteiger partial charge in [-0.3, -0.25) is 9.63 Å². The standard InChI is InChI=1S/C24H37NO11S/c1-9-10(2)18(35-24-17(28)20(31-6)16(27)11(3)34-24)21(32-7)19(30-5)15(9)23(29)37-22-12(4)33-14(36-25)8-13(22)26/h11-14,16-17,20,22,24,26-28H,8,25H2,1-7H3/t11-,12+,13-,14-,16-,17?,20+,22+,24-/m0/s1.